The number of imidazole rings is 1. The number of ether oxygens (including phenoxy) is 1. The minimum atomic E-state index is -0.893. The van der Waals surface area contributed by atoms with E-state index >= 15 is 0 Å². The number of piperidine rings is 1. The van der Waals surface area contributed by atoms with Gasteiger partial charge in [-0.1, -0.05) is 72.8 Å². The number of carbonyl (C=O) groups is 1. The molecule has 1 saturated heterocycles. The summed E-state index contributed by atoms with van der Waals surface area (Å²) in [5, 5.41) is 10.0. The Kier molecular flexibility index (Phi) is 9.08. The third-order valence-electron chi connectivity index (χ3n) is 8.47. The molecular formula is C36H38N4O4. The van der Waals surface area contributed by atoms with E-state index in [1.165, 1.54) is 5.56 Å². The lowest BCUT2D eigenvalue weighted by Crippen LogP contribution is -2.47. The highest BCUT2D eigenvalue weighted by atomic mass is 16.5. The van der Waals surface area contributed by atoms with Gasteiger partial charge in [-0.2, -0.15) is 0 Å². The van der Waals surface area contributed by atoms with Gasteiger partial charge in [0.15, 0.2) is 0 Å². The van der Waals surface area contributed by atoms with Crippen molar-refractivity contribution >= 4 is 17.1 Å². The highest BCUT2D eigenvalue weighted by Gasteiger charge is 2.33. The number of hydrogen-bond acceptors (Lipinski definition) is 4. The first-order valence-electron chi connectivity index (χ1n) is 15.3. The van der Waals surface area contributed by atoms with E-state index in [0.29, 0.717) is 19.4 Å². The van der Waals surface area contributed by atoms with Crippen molar-refractivity contribution in [3.05, 3.63) is 131 Å². The molecule has 5 aromatic rings. The number of aromatic amines is 1. The first kappa shape index (κ1) is 29.3. The molecule has 1 aliphatic heterocycles. The molecule has 0 radical (unpaired) electrons. The van der Waals surface area contributed by atoms with Gasteiger partial charge in [-0.25, -0.2) is 9.59 Å². The molecule has 226 valence electrons. The van der Waals surface area contributed by atoms with Crippen LogP contribution < -0.4 is 10.4 Å². The van der Waals surface area contributed by atoms with Crippen molar-refractivity contribution < 1.29 is 14.6 Å². The molecule has 8 heteroatoms. The van der Waals surface area contributed by atoms with Crippen molar-refractivity contribution in [2.75, 3.05) is 13.1 Å². The van der Waals surface area contributed by atoms with Crippen LogP contribution in [-0.2, 0) is 13.1 Å². The lowest BCUT2D eigenvalue weighted by Gasteiger charge is -2.38. The highest BCUT2D eigenvalue weighted by molar-refractivity contribution is 5.75. The topological polar surface area (TPSA) is 90.8 Å². The highest BCUT2D eigenvalue weighted by Crippen LogP contribution is 2.31. The van der Waals surface area contributed by atoms with Gasteiger partial charge in [-0.05, 0) is 79.8 Å². The van der Waals surface area contributed by atoms with Crippen LogP contribution in [0.25, 0.3) is 11.0 Å². The van der Waals surface area contributed by atoms with Crippen molar-refractivity contribution in [3.63, 3.8) is 0 Å². The zero-order valence-electron chi connectivity index (χ0n) is 24.7. The Morgan fingerprint density at radius 1 is 0.864 bits per heavy atom. The maximum atomic E-state index is 12.9. The third-order valence-corrected chi connectivity index (χ3v) is 8.47. The fraction of sp³-hybridized carbons (Fsp3) is 0.278. The fourth-order valence-corrected chi connectivity index (χ4v) is 6.42. The average Bonchev–Trinajstić information content (AvgIpc) is 3.37. The molecule has 4 aromatic carbocycles. The molecule has 0 saturated carbocycles. The number of H-pyrrole nitrogens is 1. The summed E-state index contributed by atoms with van der Waals surface area (Å²) in [6.07, 6.45) is 1.90. The summed E-state index contributed by atoms with van der Waals surface area (Å²) in [4.78, 5) is 32.0. The summed E-state index contributed by atoms with van der Waals surface area (Å²) in [6.45, 7) is 2.74. The predicted molar refractivity (Wildman–Crippen MR) is 172 cm³/mol. The largest absolute Gasteiger partial charge is 0.465 e. The molecule has 0 spiro atoms. The lowest BCUT2D eigenvalue weighted by molar-refractivity contribution is 0.0853. The number of nitrogens with zero attached hydrogens (tertiary/aromatic N) is 3. The number of rotatable bonds is 11. The number of nitrogens with one attached hydrogen (secondary N) is 1. The molecule has 44 heavy (non-hydrogen) atoms. The standard InChI is InChI=1S/C36H38N4O4/c41-35-37-33-18-7-8-19-34(33)40(35)30-20-22-39(36(42)43)29(24-30)14-10-21-38(25-27-11-3-1-4-12-27)26-28-13-9-17-32(23-28)44-31-15-5-2-6-16-31/h1-9,11-13,15-19,23,29-30H,10,14,20-22,24-26H2,(H,37,41)(H,42,43). The van der Waals surface area contributed by atoms with Gasteiger partial charge in [0.25, 0.3) is 0 Å². The van der Waals surface area contributed by atoms with Crippen molar-refractivity contribution in [2.24, 2.45) is 0 Å². The van der Waals surface area contributed by atoms with E-state index in [9.17, 15) is 14.7 Å². The number of carboxylic acid groups (broad SMARTS) is 1. The zero-order chi connectivity index (χ0) is 30.3. The second kappa shape index (κ2) is 13.7. The second-order valence-corrected chi connectivity index (χ2v) is 11.5. The Labute approximate surface area is 257 Å². The van der Waals surface area contributed by atoms with Crippen LogP contribution in [0.1, 0.15) is 42.9 Å². The lowest BCUT2D eigenvalue weighted by atomic mass is 9.93. The first-order valence-corrected chi connectivity index (χ1v) is 15.3. The molecule has 2 heterocycles. The average molecular weight is 591 g/mol. The van der Waals surface area contributed by atoms with Gasteiger partial charge in [0.2, 0.25) is 0 Å². The molecule has 1 fully saturated rings. The maximum absolute atomic E-state index is 12.9. The molecule has 2 N–H and O–H groups in total. The van der Waals surface area contributed by atoms with E-state index in [1.807, 2.05) is 77.4 Å². The fourth-order valence-electron chi connectivity index (χ4n) is 6.42. The van der Waals surface area contributed by atoms with Crippen molar-refractivity contribution in [1.29, 1.82) is 0 Å². The van der Waals surface area contributed by atoms with E-state index in [4.69, 9.17) is 4.74 Å². The normalized spacial score (nSPS) is 16.8. The minimum Gasteiger partial charge on any atom is -0.465 e. The van der Waals surface area contributed by atoms with Gasteiger partial charge in [0.1, 0.15) is 11.5 Å². The smallest absolute Gasteiger partial charge is 0.407 e. The summed E-state index contributed by atoms with van der Waals surface area (Å²) in [5.74, 6) is 1.60. The van der Waals surface area contributed by atoms with E-state index < -0.39 is 6.09 Å². The molecule has 1 aromatic heterocycles. The van der Waals surface area contributed by atoms with Gasteiger partial charge >= 0.3 is 11.8 Å². The zero-order valence-corrected chi connectivity index (χ0v) is 24.7. The van der Waals surface area contributed by atoms with Crippen LogP contribution in [0.2, 0.25) is 0 Å². The predicted octanol–water partition coefficient (Wildman–Crippen LogP) is 7.29. The van der Waals surface area contributed by atoms with Gasteiger partial charge in [-0.3, -0.25) is 9.47 Å². The SMILES string of the molecule is O=C(O)N1CCC(n2c(=O)[nH]c3ccccc32)CC1CCCN(Cc1ccccc1)Cc1cccc(Oc2ccccc2)c1. The molecule has 2 atom stereocenters. The molecule has 8 nitrogen and oxygen atoms in total. The van der Waals surface area contributed by atoms with Crippen LogP contribution >= 0.6 is 0 Å². The van der Waals surface area contributed by atoms with E-state index in [2.05, 4.69) is 46.3 Å². The number of para-hydroxylation sites is 3. The number of hydrogen-bond donors (Lipinski definition) is 2. The molecule has 0 aliphatic carbocycles. The van der Waals surface area contributed by atoms with Crippen LogP contribution in [0.4, 0.5) is 4.79 Å². The van der Waals surface area contributed by atoms with Gasteiger partial charge < -0.3 is 19.7 Å². The molecule has 6 rings (SSSR count). The summed E-state index contributed by atoms with van der Waals surface area (Å²) in [5.41, 5.74) is 3.93. The van der Waals surface area contributed by atoms with E-state index in [1.54, 1.807) is 4.90 Å². The van der Waals surface area contributed by atoms with Crippen molar-refractivity contribution in [2.45, 2.75) is 50.9 Å². The summed E-state index contributed by atoms with van der Waals surface area (Å²) in [7, 11) is 0. The Bertz CT molecular complexity index is 1730. The third kappa shape index (κ3) is 7.03. The van der Waals surface area contributed by atoms with Crippen molar-refractivity contribution in [3.8, 4) is 11.5 Å². The summed E-state index contributed by atoms with van der Waals surface area (Å²) < 4.78 is 7.91. The summed E-state index contributed by atoms with van der Waals surface area (Å²) in [6, 6.07) is 35.9. The maximum Gasteiger partial charge on any atom is 0.407 e. The Hall–Kier alpha value is -4.82. The van der Waals surface area contributed by atoms with Crippen molar-refractivity contribution in [1.82, 2.24) is 19.4 Å². The molecule has 1 aliphatic rings. The van der Waals surface area contributed by atoms with E-state index in [0.717, 1.165) is 60.6 Å². The summed E-state index contributed by atoms with van der Waals surface area (Å²) >= 11 is 0. The van der Waals surface area contributed by atoms with Gasteiger partial charge in [-0.15, -0.1) is 0 Å². The Morgan fingerprint density at radius 3 is 2.34 bits per heavy atom. The Balaban J connectivity index is 1.15. The second-order valence-electron chi connectivity index (χ2n) is 11.5. The first-order chi connectivity index (χ1) is 21.5. The van der Waals surface area contributed by atoms with E-state index in [-0.39, 0.29) is 17.8 Å². The minimum absolute atomic E-state index is 0.0490. The van der Waals surface area contributed by atoms with Crippen LogP contribution in [0, 0.1) is 0 Å². The number of likely N-dealkylation sites (tertiary alicyclic amines) is 1. The Morgan fingerprint density at radius 2 is 1.55 bits per heavy atom. The number of benzene rings is 4. The number of amides is 1. The van der Waals surface area contributed by atoms with Crippen LogP contribution in [0.15, 0.2) is 114 Å². The van der Waals surface area contributed by atoms with Crippen LogP contribution in [0.3, 0.4) is 0 Å². The molecular weight excluding hydrogens is 552 g/mol. The quantitative estimate of drug-likeness (QED) is 0.169. The van der Waals surface area contributed by atoms with Gasteiger partial charge in [0.05, 0.1) is 11.0 Å². The van der Waals surface area contributed by atoms with Crippen LogP contribution in [-0.4, -0.2) is 49.7 Å². The number of fused-ring (bicyclic) bond motifs is 1. The molecule has 1 amide bonds. The van der Waals surface area contributed by atoms with Gasteiger partial charge in [0, 0.05) is 31.7 Å². The monoisotopic (exact) mass is 590 g/mol. The number of aromatic nitrogens is 2. The molecule has 0 bridgehead atoms. The molecule has 2 unspecified atom stereocenters. The van der Waals surface area contributed by atoms with Crippen LogP contribution in [0.5, 0.6) is 11.5 Å².